The van der Waals surface area contributed by atoms with Gasteiger partial charge < -0.3 is 19.9 Å². The SMILES string of the molecule is CCc1c(C)sc(NC(=S)N2CCN(c3ccc(C)cc3)C(C)C2)c1C(=O)OC. The molecule has 0 saturated carbocycles. The predicted molar refractivity (Wildman–Crippen MR) is 126 cm³/mol. The molecule has 1 aliphatic heterocycles. The standard InChI is InChI=1S/C22H29N3O2S2/c1-6-18-16(4)29-20(19(18)21(26)27-5)23-22(28)24-11-12-25(15(3)13-24)17-9-7-14(2)8-10-17/h7-10,15H,6,11-13H2,1-5H3,(H,23,28). The highest BCUT2D eigenvalue weighted by atomic mass is 32.1. The highest BCUT2D eigenvalue weighted by molar-refractivity contribution is 7.80. The molecule has 0 radical (unpaired) electrons. The smallest absolute Gasteiger partial charge is 0.341 e. The molecule has 2 aromatic rings. The number of carbonyl (C=O) groups excluding carboxylic acids is 1. The number of anilines is 2. The maximum absolute atomic E-state index is 12.3. The summed E-state index contributed by atoms with van der Waals surface area (Å²) in [7, 11) is 1.42. The normalized spacial score (nSPS) is 16.7. The largest absolute Gasteiger partial charge is 0.465 e. The van der Waals surface area contributed by atoms with E-state index >= 15 is 0 Å². The topological polar surface area (TPSA) is 44.8 Å². The summed E-state index contributed by atoms with van der Waals surface area (Å²) in [4.78, 5) is 18.1. The third-order valence-corrected chi connectivity index (χ3v) is 6.88. The van der Waals surface area contributed by atoms with Gasteiger partial charge in [0.15, 0.2) is 5.11 Å². The van der Waals surface area contributed by atoms with E-state index in [1.165, 1.54) is 18.4 Å². The van der Waals surface area contributed by atoms with Gasteiger partial charge in [0.05, 0.1) is 12.7 Å². The van der Waals surface area contributed by atoms with Gasteiger partial charge in [0.2, 0.25) is 0 Å². The van der Waals surface area contributed by atoms with E-state index in [0.29, 0.717) is 16.7 Å². The molecular weight excluding hydrogens is 402 g/mol. The van der Waals surface area contributed by atoms with Crippen LogP contribution in [0.2, 0.25) is 0 Å². The number of aryl methyl sites for hydroxylation is 2. The number of methoxy groups -OCH3 is 1. The molecule has 1 aromatic carbocycles. The average molecular weight is 432 g/mol. The summed E-state index contributed by atoms with van der Waals surface area (Å²) in [6, 6.07) is 9.00. The molecule has 5 nitrogen and oxygen atoms in total. The molecule has 1 aliphatic rings. The van der Waals surface area contributed by atoms with Crippen LogP contribution in [0.25, 0.3) is 0 Å². The molecule has 7 heteroatoms. The molecular formula is C22H29N3O2S2. The number of ether oxygens (including phenoxy) is 1. The summed E-state index contributed by atoms with van der Waals surface area (Å²) in [5.41, 5.74) is 4.16. The highest BCUT2D eigenvalue weighted by Crippen LogP contribution is 2.34. The zero-order valence-corrected chi connectivity index (χ0v) is 19.4. The number of carbonyl (C=O) groups is 1. The van der Waals surface area contributed by atoms with E-state index in [1.54, 1.807) is 11.3 Å². The first-order valence-corrected chi connectivity index (χ1v) is 11.2. The minimum absolute atomic E-state index is 0.311. The van der Waals surface area contributed by atoms with Crippen molar-refractivity contribution in [1.82, 2.24) is 4.90 Å². The van der Waals surface area contributed by atoms with Gasteiger partial charge >= 0.3 is 5.97 Å². The Hall–Kier alpha value is -2.12. The van der Waals surface area contributed by atoms with Crippen molar-refractivity contribution in [2.75, 3.05) is 37.0 Å². The number of thiophene rings is 1. The molecule has 0 aliphatic carbocycles. The molecule has 2 heterocycles. The number of nitrogens with zero attached hydrogens (tertiary/aromatic N) is 2. The van der Waals surface area contributed by atoms with Crippen LogP contribution in [0.4, 0.5) is 10.7 Å². The molecule has 1 atom stereocenters. The quantitative estimate of drug-likeness (QED) is 0.563. The molecule has 1 saturated heterocycles. The fourth-order valence-corrected chi connectivity index (χ4v) is 5.31. The van der Waals surface area contributed by atoms with Crippen LogP contribution < -0.4 is 10.2 Å². The lowest BCUT2D eigenvalue weighted by Gasteiger charge is -2.42. The van der Waals surface area contributed by atoms with Crippen LogP contribution in [-0.4, -0.2) is 48.8 Å². The van der Waals surface area contributed by atoms with E-state index in [-0.39, 0.29) is 5.97 Å². The monoisotopic (exact) mass is 431 g/mol. The van der Waals surface area contributed by atoms with Crippen molar-refractivity contribution in [2.24, 2.45) is 0 Å². The maximum atomic E-state index is 12.3. The molecule has 1 N–H and O–H groups in total. The summed E-state index contributed by atoms with van der Waals surface area (Å²) < 4.78 is 5.01. The number of hydrogen-bond acceptors (Lipinski definition) is 5. The third kappa shape index (κ3) is 4.56. The molecule has 156 valence electrons. The lowest BCUT2D eigenvalue weighted by atomic mass is 10.1. The zero-order valence-electron chi connectivity index (χ0n) is 17.7. The number of esters is 1. The van der Waals surface area contributed by atoms with Crippen molar-refractivity contribution in [2.45, 2.75) is 40.2 Å². The molecule has 1 fully saturated rings. The fraction of sp³-hybridized carbons (Fsp3) is 0.455. The van der Waals surface area contributed by atoms with Gasteiger partial charge in [-0.05, 0) is 57.1 Å². The Kier molecular flexibility index (Phi) is 6.80. The van der Waals surface area contributed by atoms with E-state index in [9.17, 15) is 4.79 Å². The molecule has 1 aromatic heterocycles. The molecule has 0 bridgehead atoms. The maximum Gasteiger partial charge on any atom is 0.341 e. The fourth-order valence-electron chi connectivity index (χ4n) is 3.85. The first-order chi connectivity index (χ1) is 13.8. The minimum Gasteiger partial charge on any atom is -0.465 e. The number of piperazine rings is 1. The van der Waals surface area contributed by atoms with Crippen LogP contribution in [0.3, 0.4) is 0 Å². The Balaban J connectivity index is 1.71. The number of nitrogens with one attached hydrogen (secondary N) is 1. The molecule has 29 heavy (non-hydrogen) atoms. The molecule has 1 unspecified atom stereocenters. The molecule has 3 rings (SSSR count). The van der Waals surface area contributed by atoms with Gasteiger partial charge in [0, 0.05) is 36.2 Å². The van der Waals surface area contributed by atoms with Crippen LogP contribution in [0.15, 0.2) is 24.3 Å². The van der Waals surface area contributed by atoms with E-state index < -0.39 is 0 Å². The number of hydrogen-bond donors (Lipinski definition) is 1. The lowest BCUT2D eigenvalue weighted by molar-refractivity contribution is 0.0601. The van der Waals surface area contributed by atoms with E-state index in [1.807, 2.05) is 6.92 Å². The van der Waals surface area contributed by atoms with Crippen molar-refractivity contribution in [1.29, 1.82) is 0 Å². The van der Waals surface area contributed by atoms with Gasteiger partial charge in [-0.1, -0.05) is 24.6 Å². The molecule has 0 amide bonds. The second kappa shape index (κ2) is 9.13. The first-order valence-electron chi connectivity index (χ1n) is 9.95. The van der Waals surface area contributed by atoms with Gasteiger partial charge in [-0.2, -0.15) is 0 Å². The first kappa shape index (κ1) is 21.6. The zero-order chi connectivity index (χ0) is 21.1. The summed E-state index contributed by atoms with van der Waals surface area (Å²) in [5.74, 6) is -0.311. The summed E-state index contributed by atoms with van der Waals surface area (Å²) in [6.45, 7) is 11.0. The highest BCUT2D eigenvalue weighted by Gasteiger charge is 2.27. The Morgan fingerprint density at radius 2 is 1.97 bits per heavy atom. The van der Waals surface area contributed by atoms with Gasteiger partial charge in [-0.15, -0.1) is 11.3 Å². The van der Waals surface area contributed by atoms with E-state index in [2.05, 4.69) is 60.2 Å². The number of thiocarbonyl (C=S) groups is 1. The summed E-state index contributed by atoms with van der Waals surface area (Å²) in [6.07, 6.45) is 0.785. The predicted octanol–water partition coefficient (Wildman–Crippen LogP) is 4.62. The average Bonchev–Trinajstić information content (AvgIpc) is 3.02. The Morgan fingerprint density at radius 3 is 2.55 bits per heavy atom. The molecule has 0 spiro atoms. The third-order valence-electron chi connectivity index (χ3n) is 5.45. The Morgan fingerprint density at radius 1 is 1.28 bits per heavy atom. The van der Waals surface area contributed by atoms with Gasteiger partial charge in [-0.3, -0.25) is 0 Å². The van der Waals surface area contributed by atoms with Crippen LogP contribution >= 0.6 is 23.6 Å². The van der Waals surface area contributed by atoms with Crippen molar-refractivity contribution in [3.8, 4) is 0 Å². The van der Waals surface area contributed by atoms with Gasteiger partial charge in [0.1, 0.15) is 5.00 Å². The lowest BCUT2D eigenvalue weighted by Crippen LogP contribution is -2.54. The summed E-state index contributed by atoms with van der Waals surface area (Å²) >= 11 is 7.27. The van der Waals surface area contributed by atoms with E-state index in [0.717, 1.165) is 41.5 Å². The van der Waals surface area contributed by atoms with Crippen molar-refractivity contribution in [3.05, 3.63) is 45.8 Å². The van der Waals surface area contributed by atoms with E-state index in [4.69, 9.17) is 17.0 Å². The Labute approximate surface area is 182 Å². The Bertz CT molecular complexity index is 892. The van der Waals surface area contributed by atoms with Crippen LogP contribution in [0.1, 0.15) is 40.2 Å². The van der Waals surface area contributed by atoms with Crippen molar-refractivity contribution < 1.29 is 9.53 Å². The number of benzene rings is 1. The second-order valence-electron chi connectivity index (χ2n) is 7.44. The van der Waals surface area contributed by atoms with Gasteiger partial charge in [-0.25, -0.2) is 4.79 Å². The summed E-state index contributed by atoms with van der Waals surface area (Å²) in [5, 5.41) is 4.77. The van der Waals surface area contributed by atoms with Crippen LogP contribution in [0.5, 0.6) is 0 Å². The van der Waals surface area contributed by atoms with Crippen LogP contribution in [-0.2, 0) is 11.2 Å². The van der Waals surface area contributed by atoms with Crippen LogP contribution in [0, 0.1) is 13.8 Å². The minimum atomic E-state index is -0.311. The second-order valence-corrected chi connectivity index (χ2v) is 9.05. The van der Waals surface area contributed by atoms with Crippen molar-refractivity contribution in [3.63, 3.8) is 0 Å². The number of rotatable bonds is 4. The van der Waals surface area contributed by atoms with Gasteiger partial charge in [0.25, 0.3) is 0 Å². The van der Waals surface area contributed by atoms with Crippen molar-refractivity contribution >= 4 is 45.3 Å².